The number of pyridine rings is 1. The number of anilines is 1. The van der Waals surface area contributed by atoms with E-state index in [0.717, 1.165) is 6.07 Å². The molecule has 0 aliphatic heterocycles. The smallest absolute Gasteiger partial charge is 0.433 e. The highest BCUT2D eigenvalue weighted by Gasteiger charge is 2.33. The molecule has 0 saturated heterocycles. The number of halogens is 3. The lowest BCUT2D eigenvalue weighted by Gasteiger charge is -2.08. The summed E-state index contributed by atoms with van der Waals surface area (Å²) in [5, 5.41) is 0. The van der Waals surface area contributed by atoms with Crippen LogP contribution >= 0.6 is 0 Å². The van der Waals surface area contributed by atoms with Crippen LogP contribution in [0, 0.1) is 0 Å². The maximum absolute atomic E-state index is 12.2. The van der Waals surface area contributed by atoms with E-state index in [-0.39, 0.29) is 12.2 Å². The third-order valence-electron chi connectivity index (χ3n) is 1.71. The van der Waals surface area contributed by atoms with E-state index in [0.29, 0.717) is 6.07 Å². The Bertz CT molecular complexity index is 404. The quantitative estimate of drug-likeness (QED) is 0.793. The first kappa shape index (κ1) is 12.3. The van der Waals surface area contributed by atoms with Crippen molar-refractivity contribution in [2.75, 3.05) is 12.3 Å². The fraction of sp³-hybridized carbons (Fsp3) is 0.333. The molecular weight excluding hydrogens is 225 g/mol. The van der Waals surface area contributed by atoms with E-state index in [2.05, 4.69) is 9.72 Å². The Hall–Kier alpha value is -1.79. The summed E-state index contributed by atoms with van der Waals surface area (Å²) in [6.45, 7) is 1.69. The van der Waals surface area contributed by atoms with E-state index in [4.69, 9.17) is 5.73 Å². The second-order valence-electron chi connectivity index (χ2n) is 2.85. The number of carbonyl (C=O) groups is 1. The lowest BCUT2D eigenvalue weighted by molar-refractivity contribution is -0.141. The number of rotatable bonds is 2. The summed E-state index contributed by atoms with van der Waals surface area (Å²) in [5.41, 5.74) is 3.93. The largest absolute Gasteiger partial charge is 0.462 e. The Morgan fingerprint density at radius 3 is 2.56 bits per heavy atom. The summed E-state index contributed by atoms with van der Waals surface area (Å²) in [6, 6.07) is 1.63. The van der Waals surface area contributed by atoms with Crippen LogP contribution in [0.4, 0.5) is 19.0 Å². The number of aromatic nitrogens is 1. The fourth-order valence-electron chi connectivity index (χ4n) is 1.01. The van der Waals surface area contributed by atoms with Crippen molar-refractivity contribution in [2.45, 2.75) is 13.1 Å². The molecule has 0 aromatic carbocycles. The highest BCUT2D eigenvalue weighted by atomic mass is 19.4. The van der Waals surface area contributed by atoms with Crippen LogP contribution in [0.3, 0.4) is 0 Å². The topological polar surface area (TPSA) is 65.2 Å². The SMILES string of the molecule is CCOC(=O)c1ccc(C(F)(F)F)nc1N. The molecule has 2 N–H and O–H groups in total. The summed E-state index contributed by atoms with van der Waals surface area (Å²) in [6.07, 6.45) is -4.58. The van der Waals surface area contributed by atoms with Crippen LogP contribution < -0.4 is 5.73 Å². The molecule has 0 unspecified atom stereocenters. The van der Waals surface area contributed by atoms with Crippen LogP contribution in [0.5, 0.6) is 0 Å². The minimum absolute atomic E-state index is 0.110. The van der Waals surface area contributed by atoms with E-state index in [1.807, 2.05) is 0 Å². The number of hydrogen-bond donors (Lipinski definition) is 1. The molecular formula is C9H9F3N2O2. The average Bonchev–Trinajstić information content (AvgIpc) is 2.16. The van der Waals surface area contributed by atoms with Crippen molar-refractivity contribution in [3.63, 3.8) is 0 Å². The number of carbonyl (C=O) groups excluding carboxylic acids is 1. The van der Waals surface area contributed by atoms with Gasteiger partial charge in [-0.05, 0) is 19.1 Å². The first-order valence-electron chi connectivity index (χ1n) is 4.37. The van der Waals surface area contributed by atoms with E-state index in [1.165, 1.54) is 0 Å². The zero-order valence-electron chi connectivity index (χ0n) is 8.34. The molecule has 4 nitrogen and oxygen atoms in total. The molecule has 0 radical (unpaired) electrons. The van der Waals surface area contributed by atoms with Gasteiger partial charge in [0.05, 0.1) is 6.61 Å². The Balaban J connectivity index is 3.05. The van der Waals surface area contributed by atoms with Gasteiger partial charge in [-0.2, -0.15) is 13.2 Å². The zero-order valence-corrected chi connectivity index (χ0v) is 8.34. The first-order chi connectivity index (χ1) is 7.36. The zero-order chi connectivity index (χ0) is 12.3. The van der Waals surface area contributed by atoms with E-state index >= 15 is 0 Å². The van der Waals surface area contributed by atoms with Gasteiger partial charge in [0.15, 0.2) is 0 Å². The van der Waals surface area contributed by atoms with Gasteiger partial charge in [-0.3, -0.25) is 0 Å². The molecule has 0 aliphatic rings. The standard InChI is InChI=1S/C9H9F3N2O2/c1-2-16-8(15)5-3-4-6(9(10,11)12)14-7(5)13/h3-4H,2H2,1H3,(H2,13,14). The molecule has 1 aromatic heterocycles. The van der Waals surface area contributed by atoms with Gasteiger partial charge in [-0.25, -0.2) is 9.78 Å². The predicted molar refractivity (Wildman–Crippen MR) is 49.6 cm³/mol. The van der Waals surface area contributed by atoms with E-state index in [9.17, 15) is 18.0 Å². The summed E-state index contributed by atoms with van der Waals surface area (Å²) in [5.74, 6) is -1.28. The maximum atomic E-state index is 12.2. The molecule has 7 heteroatoms. The van der Waals surface area contributed by atoms with Crippen molar-refractivity contribution in [3.05, 3.63) is 23.4 Å². The molecule has 0 saturated carbocycles. The van der Waals surface area contributed by atoms with Gasteiger partial charge in [0.25, 0.3) is 0 Å². The number of ether oxygens (including phenoxy) is 1. The van der Waals surface area contributed by atoms with Crippen LogP contribution in [0.25, 0.3) is 0 Å². The monoisotopic (exact) mass is 234 g/mol. The molecule has 0 atom stereocenters. The number of alkyl halides is 3. The summed E-state index contributed by atoms with van der Waals surface area (Å²) >= 11 is 0. The number of esters is 1. The Morgan fingerprint density at radius 1 is 1.50 bits per heavy atom. The number of nitrogens with zero attached hydrogens (tertiary/aromatic N) is 1. The normalized spacial score (nSPS) is 11.2. The molecule has 1 heterocycles. The molecule has 1 rings (SSSR count). The first-order valence-corrected chi connectivity index (χ1v) is 4.37. The third kappa shape index (κ3) is 2.62. The average molecular weight is 234 g/mol. The van der Waals surface area contributed by atoms with Crippen LogP contribution in [0.2, 0.25) is 0 Å². The lowest BCUT2D eigenvalue weighted by atomic mass is 10.2. The fourth-order valence-corrected chi connectivity index (χ4v) is 1.01. The van der Waals surface area contributed by atoms with Crippen molar-refractivity contribution in [1.82, 2.24) is 4.98 Å². The van der Waals surface area contributed by atoms with Crippen molar-refractivity contribution in [3.8, 4) is 0 Å². The molecule has 0 amide bonds. The molecule has 0 fully saturated rings. The minimum Gasteiger partial charge on any atom is -0.462 e. The summed E-state index contributed by atoms with van der Waals surface area (Å²) in [7, 11) is 0. The number of nitrogens with two attached hydrogens (primary N) is 1. The van der Waals surface area contributed by atoms with Crippen molar-refractivity contribution in [1.29, 1.82) is 0 Å². The maximum Gasteiger partial charge on any atom is 0.433 e. The van der Waals surface area contributed by atoms with E-state index < -0.39 is 23.7 Å². The molecule has 1 aromatic rings. The number of nitrogen functional groups attached to an aromatic ring is 1. The Morgan fingerprint density at radius 2 is 2.12 bits per heavy atom. The van der Waals surface area contributed by atoms with Gasteiger partial charge < -0.3 is 10.5 Å². The van der Waals surface area contributed by atoms with Gasteiger partial charge >= 0.3 is 12.1 Å². The number of hydrogen-bond acceptors (Lipinski definition) is 4. The van der Waals surface area contributed by atoms with Crippen molar-refractivity contribution >= 4 is 11.8 Å². The predicted octanol–water partition coefficient (Wildman–Crippen LogP) is 1.86. The molecule has 0 spiro atoms. The highest BCUT2D eigenvalue weighted by Crippen LogP contribution is 2.28. The molecule has 0 bridgehead atoms. The molecule has 88 valence electrons. The third-order valence-corrected chi connectivity index (χ3v) is 1.71. The van der Waals surface area contributed by atoms with Crippen LogP contribution in [0.15, 0.2) is 12.1 Å². The van der Waals surface area contributed by atoms with Gasteiger partial charge in [-0.1, -0.05) is 0 Å². The van der Waals surface area contributed by atoms with Gasteiger partial charge in [0.2, 0.25) is 0 Å². The van der Waals surface area contributed by atoms with E-state index in [1.54, 1.807) is 6.92 Å². The van der Waals surface area contributed by atoms with Gasteiger partial charge in [-0.15, -0.1) is 0 Å². The summed E-state index contributed by atoms with van der Waals surface area (Å²) < 4.78 is 41.2. The van der Waals surface area contributed by atoms with Crippen LogP contribution in [-0.2, 0) is 10.9 Å². The van der Waals surface area contributed by atoms with Crippen LogP contribution in [-0.4, -0.2) is 17.6 Å². The highest BCUT2D eigenvalue weighted by molar-refractivity contribution is 5.94. The van der Waals surface area contributed by atoms with Gasteiger partial charge in [0, 0.05) is 0 Å². The van der Waals surface area contributed by atoms with Crippen LogP contribution in [0.1, 0.15) is 23.0 Å². The molecule has 0 aliphatic carbocycles. The Labute approximate surface area is 89.2 Å². The second-order valence-corrected chi connectivity index (χ2v) is 2.85. The summed E-state index contributed by atoms with van der Waals surface area (Å²) in [4.78, 5) is 14.3. The van der Waals surface area contributed by atoms with Crippen molar-refractivity contribution < 1.29 is 22.7 Å². The second kappa shape index (κ2) is 4.38. The minimum atomic E-state index is -4.58. The van der Waals surface area contributed by atoms with Crippen molar-refractivity contribution in [2.24, 2.45) is 0 Å². The molecule has 16 heavy (non-hydrogen) atoms. The Kier molecular flexibility index (Phi) is 3.36. The van der Waals surface area contributed by atoms with Gasteiger partial charge in [0.1, 0.15) is 17.1 Å². The lowest BCUT2D eigenvalue weighted by Crippen LogP contribution is -2.14.